The fourth-order valence-electron chi connectivity index (χ4n) is 3.46. The zero-order chi connectivity index (χ0) is 19.6. The molecule has 27 heavy (non-hydrogen) atoms. The highest BCUT2D eigenvalue weighted by Crippen LogP contribution is 2.25. The summed E-state index contributed by atoms with van der Waals surface area (Å²) in [5.41, 5.74) is 3.21. The zero-order valence-corrected chi connectivity index (χ0v) is 17.5. The number of aryl methyl sites for hydroxylation is 1. The van der Waals surface area contributed by atoms with Gasteiger partial charge in [0.2, 0.25) is 5.91 Å². The quantitative estimate of drug-likeness (QED) is 0.745. The fourth-order valence-corrected chi connectivity index (χ4v) is 3.86. The number of amides is 2. The number of carbonyl (C=O) groups is 2. The van der Waals surface area contributed by atoms with Gasteiger partial charge in [-0.2, -0.15) is 0 Å². The number of benzene rings is 1. The third kappa shape index (κ3) is 4.38. The summed E-state index contributed by atoms with van der Waals surface area (Å²) in [6.45, 7) is 3.09. The number of pyridine rings is 1. The van der Waals surface area contributed by atoms with Crippen molar-refractivity contribution in [3.05, 3.63) is 52.1 Å². The molecule has 0 saturated carbocycles. The zero-order valence-electron chi connectivity index (χ0n) is 15.9. The standard InChI is InChI=1S/C21H24BrN3O2/c1-14-18(7-8-19(23-14)16-5-4-6-17(22)13-16)21(27)25-11-9-15(10-12-25)20(26)24(2)3/h4-8,13,15H,9-12H2,1-3H3. The van der Waals surface area contributed by atoms with Crippen LogP contribution < -0.4 is 0 Å². The molecule has 6 heteroatoms. The van der Waals surface area contributed by atoms with Crippen LogP contribution in [0.1, 0.15) is 28.9 Å². The molecule has 1 aliphatic rings. The van der Waals surface area contributed by atoms with Crippen LogP contribution in [-0.2, 0) is 4.79 Å². The predicted octanol–water partition coefficient (Wildman–Crippen LogP) is 3.76. The molecule has 0 spiro atoms. The highest BCUT2D eigenvalue weighted by atomic mass is 79.9. The van der Waals surface area contributed by atoms with Gasteiger partial charge in [-0.1, -0.05) is 28.1 Å². The van der Waals surface area contributed by atoms with Crippen molar-refractivity contribution in [2.75, 3.05) is 27.2 Å². The summed E-state index contributed by atoms with van der Waals surface area (Å²) in [5.74, 6) is 0.164. The fraction of sp³-hybridized carbons (Fsp3) is 0.381. The van der Waals surface area contributed by atoms with Gasteiger partial charge in [0.25, 0.3) is 5.91 Å². The van der Waals surface area contributed by atoms with E-state index >= 15 is 0 Å². The largest absolute Gasteiger partial charge is 0.349 e. The van der Waals surface area contributed by atoms with Gasteiger partial charge >= 0.3 is 0 Å². The van der Waals surface area contributed by atoms with Crippen molar-refractivity contribution in [3.63, 3.8) is 0 Å². The van der Waals surface area contributed by atoms with Gasteiger partial charge in [-0.25, -0.2) is 0 Å². The van der Waals surface area contributed by atoms with Crippen molar-refractivity contribution in [2.24, 2.45) is 5.92 Å². The number of rotatable bonds is 3. The smallest absolute Gasteiger partial charge is 0.255 e. The summed E-state index contributed by atoms with van der Waals surface area (Å²) < 4.78 is 0.995. The van der Waals surface area contributed by atoms with Gasteiger partial charge < -0.3 is 9.80 Å². The maximum atomic E-state index is 12.9. The van der Waals surface area contributed by atoms with E-state index in [0.29, 0.717) is 31.5 Å². The van der Waals surface area contributed by atoms with E-state index in [1.807, 2.05) is 48.2 Å². The normalized spacial score (nSPS) is 14.9. The van der Waals surface area contributed by atoms with Crippen LogP contribution in [0.15, 0.2) is 40.9 Å². The highest BCUT2D eigenvalue weighted by molar-refractivity contribution is 9.10. The van der Waals surface area contributed by atoms with Crippen molar-refractivity contribution in [1.29, 1.82) is 0 Å². The minimum Gasteiger partial charge on any atom is -0.349 e. The molecule has 0 atom stereocenters. The second-order valence-electron chi connectivity index (χ2n) is 7.14. The highest BCUT2D eigenvalue weighted by Gasteiger charge is 2.29. The molecule has 0 N–H and O–H groups in total. The van der Waals surface area contributed by atoms with Gasteiger partial charge in [-0.3, -0.25) is 14.6 Å². The second-order valence-corrected chi connectivity index (χ2v) is 8.05. The summed E-state index contributed by atoms with van der Waals surface area (Å²) in [6, 6.07) is 11.7. The van der Waals surface area contributed by atoms with Crippen molar-refractivity contribution >= 4 is 27.7 Å². The van der Waals surface area contributed by atoms with Crippen molar-refractivity contribution in [1.82, 2.24) is 14.8 Å². The van der Waals surface area contributed by atoms with E-state index in [9.17, 15) is 9.59 Å². The lowest BCUT2D eigenvalue weighted by atomic mass is 9.95. The second kappa shape index (κ2) is 8.21. The first-order valence-electron chi connectivity index (χ1n) is 9.11. The van der Waals surface area contributed by atoms with Crippen LogP contribution in [-0.4, -0.2) is 53.8 Å². The van der Waals surface area contributed by atoms with Gasteiger partial charge in [0.05, 0.1) is 17.0 Å². The number of piperidine rings is 1. The lowest BCUT2D eigenvalue weighted by Gasteiger charge is -2.32. The number of hydrogen-bond acceptors (Lipinski definition) is 3. The molecule has 1 aliphatic heterocycles. The summed E-state index contributed by atoms with van der Waals surface area (Å²) in [5, 5.41) is 0. The Balaban J connectivity index is 1.72. The molecule has 1 saturated heterocycles. The van der Waals surface area contributed by atoms with Crippen LogP contribution >= 0.6 is 15.9 Å². The number of nitrogens with zero attached hydrogens (tertiary/aromatic N) is 3. The molecular weight excluding hydrogens is 406 g/mol. The molecule has 0 radical (unpaired) electrons. The van der Waals surface area contributed by atoms with Crippen LogP contribution in [0.25, 0.3) is 11.3 Å². The van der Waals surface area contributed by atoms with E-state index in [2.05, 4.69) is 20.9 Å². The molecule has 1 aromatic carbocycles. The Kier molecular flexibility index (Phi) is 5.95. The van der Waals surface area contributed by atoms with Crippen LogP contribution in [0.5, 0.6) is 0 Å². The van der Waals surface area contributed by atoms with E-state index in [-0.39, 0.29) is 17.7 Å². The first kappa shape index (κ1) is 19.5. The molecule has 3 rings (SSSR count). The van der Waals surface area contributed by atoms with Gasteiger partial charge in [0.1, 0.15) is 0 Å². The summed E-state index contributed by atoms with van der Waals surface area (Å²) in [7, 11) is 3.56. The van der Waals surface area contributed by atoms with Crippen LogP contribution in [0, 0.1) is 12.8 Å². The molecule has 5 nitrogen and oxygen atoms in total. The average molecular weight is 430 g/mol. The maximum absolute atomic E-state index is 12.9. The monoisotopic (exact) mass is 429 g/mol. The molecule has 1 fully saturated rings. The lowest BCUT2D eigenvalue weighted by Crippen LogP contribution is -2.43. The molecule has 2 aromatic rings. The minimum absolute atomic E-state index is 0.00320. The van der Waals surface area contributed by atoms with Crippen LogP contribution in [0.2, 0.25) is 0 Å². The van der Waals surface area contributed by atoms with Crippen LogP contribution in [0.3, 0.4) is 0 Å². The Morgan fingerprint density at radius 2 is 1.85 bits per heavy atom. The molecule has 142 valence electrons. The Bertz CT molecular complexity index is 858. The minimum atomic E-state index is -0.00320. The molecular formula is C21H24BrN3O2. The Hall–Kier alpha value is -2.21. The SMILES string of the molecule is Cc1nc(-c2cccc(Br)c2)ccc1C(=O)N1CCC(C(=O)N(C)C)CC1. The predicted molar refractivity (Wildman–Crippen MR) is 109 cm³/mol. The van der Waals surface area contributed by atoms with E-state index in [1.54, 1.807) is 19.0 Å². The molecule has 0 aliphatic carbocycles. The Labute approximate surface area is 168 Å². The van der Waals surface area contributed by atoms with E-state index in [0.717, 1.165) is 21.4 Å². The number of carbonyl (C=O) groups excluding carboxylic acids is 2. The number of aromatic nitrogens is 1. The lowest BCUT2D eigenvalue weighted by molar-refractivity contribution is -0.134. The third-order valence-corrected chi connectivity index (χ3v) is 5.50. The van der Waals surface area contributed by atoms with E-state index < -0.39 is 0 Å². The third-order valence-electron chi connectivity index (χ3n) is 5.01. The van der Waals surface area contributed by atoms with Crippen molar-refractivity contribution < 1.29 is 9.59 Å². The van der Waals surface area contributed by atoms with Crippen molar-refractivity contribution in [2.45, 2.75) is 19.8 Å². The van der Waals surface area contributed by atoms with Crippen molar-refractivity contribution in [3.8, 4) is 11.3 Å². The topological polar surface area (TPSA) is 53.5 Å². The Morgan fingerprint density at radius 1 is 1.15 bits per heavy atom. The van der Waals surface area contributed by atoms with Gasteiger partial charge in [-0.15, -0.1) is 0 Å². The van der Waals surface area contributed by atoms with Crippen LogP contribution in [0.4, 0.5) is 0 Å². The first-order valence-corrected chi connectivity index (χ1v) is 9.90. The molecule has 0 unspecified atom stereocenters. The summed E-state index contributed by atoms with van der Waals surface area (Å²) >= 11 is 3.48. The van der Waals surface area contributed by atoms with E-state index in [4.69, 9.17) is 0 Å². The van der Waals surface area contributed by atoms with Gasteiger partial charge in [0, 0.05) is 43.1 Å². The number of halogens is 1. The summed E-state index contributed by atoms with van der Waals surface area (Å²) in [4.78, 5) is 33.1. The Morgan fingerprint density at radius 3 is 2.44 bits per heavy atom. The van der Waals surface area contributed by atoms with Gasteiger partial charge in [-0.05, 0) is 44.0 Å². The molecule has 1 aromatic heterocycles. The first-order chi connectivity index (χ1) is 12.9. The van der Waals surface area contributed by atoms with Gasteiger partial charge in [0.15, 0.2) is 0 Å². The molecule has 2 heterocycles. The average Bonchev–Trinajstić information content (AvgIpc) is 2.67. The maximum Gasteiger partial charge on any atom is 0.255 e. The molecule has 2 amide bonds. The summed E-state index contributed by atoms with van der Waals surface area (Å²) in [6.07, 6.45) is 1.43. The molecule has 0 bridgehead atoms. The number of hydrogen-bond donors (Lipinski definition) is 0. The number of likely N-dealkylation sites (tertiary alicyclic amines) is 1. The van der Waals surface area contributed by atoms with E-state index in [1.165, 1.54) is 0 Å².